The number of aromatic hydroxyl groups is 1. The molecule has 0 aliphatic rings. The molecule has 0 saturated heterocycles. The Balaban J connectivity index is 2.63. The van der Waals surface area contributed by atoms with Crippen LogP contribution in [0.3, 0.4) is 0 Å². The number of alkyl halides is 1. The Morgan fingerprint density at radius 2 is 2.18 bits per heavy atom. The van der Waals surface area contributed by atoms with Crippen molar-refractivity contribution in [3.8, 4) is 11.4 Å². The SMILES string of the molecule is Cc1cccc(-n2nc(CBr)c(O)cc2=O)c1. The normalized spacial score (nSPS) is 10.5. The zero-order chi connectivity index (χ0) is 12.4. The van der Waals surface area contributed by atoms with E-state index in [2.05, 4.69) is 21.0 Å². The van der Waals surface area contributed by atoms with Gasteiger partial charge in [-0.1, -0.05) is 28.1 Å². The van der Waals surface area contributed by atoms with Gasteiger partial charge >= 0.3 is 0 Å². The van der Waals surface area contributed by atoms with E-state index in [1.54, 1.807) is 6.07 Å². The Morgan fingerprint density at radius 3 is 2.82 bits per heavy atom. The summed E-state index contributed by atoms with van der Waals surface area (Å²) in [5.41, 5.74) is 1.82. The molecule has 0 spiro atoms. The van der Waals surface area contributed by atoms with E-state index in [-0.39, 0.29) is 11.3 Å². The zero-order valence-corrected chi connectivity index (χ0v) is 10.8. The predicted molar refractivity (Wildman–Crippen MR) is 68.9 cm³/mol. The molecule has 1 aromatic carbocycles. The molecular weight excluding hydrogens is 284 g/mol. The van der Waals surface area contributed by atoms with Crippen LogP contribution in [0.1, 0.15) is 11.3 Å². The van der Waals surface area contributed by atoms with Gasteiger partial charge in [-0.05, 0) is 24.6 Å². The molecule has 88 valence electrons. The molecule has 0 aliphatic carbocycles. The van der Waals surface area contributed by atoms with Crippen LogP contribution in [-0.2, 0) is 5.33 Å². The van der Waals surface area contributed by atoms with Crippen LogP contribution in [0.25, 0.3) is 5.69 Å². The first-order chi connectivity index (χ1) is 8.11. The largest absolute Gasteiger partial charge is 0.506 e. The average Bonchev–Trinajstić information content (AvgIpc) is 2.29. The minimum absolute atomic E-state index is 0.0872. The molecule has 17 heavy (non-hydrogen) atoms. The quantitative estimate of drug-likeness (QED) is 0.864. The molecule has 0 radical (unpaired) electrons. The highest BCUT2D eigenvalue weighted by Gasteiger charge is 2.08. The second-order valence-electron chi connectivity index (χ2n) is 3.70. The van der Waals surface area contributed by atoms with Gasteiger partial charge in [0.15, 0.2) is 0 Å². The summed E-state index contributed by atoms with van der Waals surface area (Å²) in [6.07, 6.45) is 0. The summed E-state index contributed by atoms with van der Waals surface area (Å²) < 4.78 is 1.28. The number of aromatic nitrogens is 2. The third kappa shape index (κ3) is 2.39. The maximum atomic E-state index is 11.7. The van der Waals surface area contributed by atoms with E-state index < -0.39 is 0 Å². The Bertz CT molecular complexity index is 608. The number of hydrogen-bond donors (Lipinski definition) is 1. The highest BCUT2D eigenvalue weighted by Crippen LogP contribution is 2.15. The van der Waals surface area contributed by atoms with E-state index in [1.165, 1.54) is 10.7 Å². The van der Waals surface area contributed by atoms with E-state index in [1.807, 2.05) is 25.1 Å². The molecule has 0 unspecified atom stereocenters. The van der Waals surface area contributed by atoms with Gasteiger partial charge in [0.05, 0.1) is 11.0 Å². The van der Waals surface area contributed by atoms with Crippen LogP contribution in [0.2, 0.25) is 0 Å². The minimum Gasteiger partial charge on any atom is -0.506 e. The summed E-state index contributed by atoms with van der Waals surface area (Å²) in [6, 6.07) is 8.64. The first-order valence-electron chi connectivity index (χ1n) is 5.07. The van der Waals surface area contributed by atoms with Crippen molar-refractivity contribution in [2.75, 3.05) is 0 Å². The van der Waals surface area contributed by atoms with Crippen molar-refractivity contribution < 1.29 is 5.11 Å². The molecule has 1 N–H and O–H groups in total. The standard InChI is InChI=1S/C12H11BrN2O2/c1-8-3-2-4-9(5-8)15-12(17)6-11(16)10(7-13)14-15/h2-6,16H,7H2,1H3. The van der Waals surface area contributed by atoms with Gasteiger partial charge in [-0.25, -0.2) is 0 Å². The van der Waals surface area contributed by atoms with Gasteiger partial charge in [0.25, 0.3) is 5.56 Å². The summed E-state index contributed by atoms with van der Waals surface area (Å²) >= 11 is 3.22. The number of nitrogens with zero attached hydrogens (tertiary/aromatic N) is 2. The van der Waals surface area contributed by atoms with Gasteiger partial charge < -0.3 is 5.11 Å². The van der Waals surface area contributed by atoms with Crippen molar-refractivity contribution in [1.82, 2.24) is 9.78 Å². The number of benzene rings is 1. The lowest BCUT2D eigenvalue weighted by Gasteiger charge is -2.07. The van der Waals surface area contributed by atoms with E-state index in [0.29, 0.717) is 16.7 Å². The molecule has 5 heteroatoms. The Morgan fingerprint density at radius 1 is 1.41 bits per heavy atom. The highest BCUT2D eigenvalue weighted by molar-refractivity contribution is 9.08. The third-order valence-electron chi connectivity index (χ3n) is 2.36. The molecule has 0 fully saturated rings. The van der Waals surface area contributed by atoms with E-state index in [9.17, 15) is 9.90 Å². The molecular formula is C12H11BrN2O2. The molecule has 1 heterocycles. The van der Waals surface area contributed by atoms with Crippen LogP contribution in [0.15, 0.2) is 35.1 Å². The monoisotopic (exact) mass is 294 g/mol. The van der Waals surface area contributed by atoms with Crippen molar-refractivity contribution in [1.29, 1.82) is 0 Å². The maximum absolute atomic E-state index is 11.7. The van der Waals surface area contributed by atoms with Crippen LogP contribution in [0.4, 0.5) is 0 Å². The fourth-order valence-corrected chi connectivity index (χ4v) is 1.92. The van der Waals surface area contributed by atoms with Crippen molar-refractivity contribution in [2.45, 2.75) is 12.3 Å². The Hall–Kier alpha value is -1.62. The van der Waals surface area contributed by atoms with Crippen LogP contribution in [0.5, 0.6) is 5.75 Å². The minimum atomic E-state index is -0.349. The van der Waals surface area contributed by atoms with Crippen LogP contribution in [-0.4, -0.2) is 14.9 Å². The molecule has 4 nitrogen and oxygen atoms in total. The van der Waals surface area contributed by atoms with Crippen molar-refractivity contribution >= 4 is 15.9 Å². The fraction of sp³-hybridized carbons (Fsp3) is 0.167. The lowest BCUT2D eigenvalue weighted by atomic mass is 10.2. The lowest BCUT2D eigenvalue weighted by molar-refractivity contribution is 0.460. The lowest BCUT2D eigenvalue weighted by Crippen LogP contribution is -2.21. The Kier molecular flexibility index (Phi) is 3.28. The number of rotatable bonds is 2. The van der Waals surface area contributed by atoms with Crippen LogP contribution < -0.4 is 5.56 Å². The van der Waals surface area contributed by atoms with E-state index >= 15 is 0 Å². The van der Waals surface area contributed by atoms with E-state index in [4.69, 9.17) is 0 Å². The molecule has 0 atom stereocenters. The van der Waals surface area contributed by atoms with Gasteiger partial charge in [0.1, 0.15) is 11.4 Å². The van der Waals surface area contributed by atoms with Gasteiger partial charge in [0.2, 0.25) is 0 Å². The van der Waals surface area contributed by atoms with Crippen molar-refractivity contribution in [2.24, 2.45) is 0 Å². The molecule has 0 amide bonds. The highest BCUT2D eigenvalue weighted by atomic mass is 79.9. The van der Waals surface area contributed by atoms with Crippen LogP contribution >= 0.6 is 15.9 Å². The molecule has 2 aromatic rings. The summed E-state index contributed by atoms with van der Waals surface area (Å²) in [4.78, 5) is 11.7. The summed E-state index contributed by atoms with van der Waals surface area (Å²) in [5, 5.41) is 14.0. The fourth-order valence-electron chi connectivity index (χ4n) is 1.52. The Labute approximate surface area is 107 Å². The van der Waals surface area contributed by atoms with E-state index in [0.717, 1.165) is 5.56 Å². The molecule has 0 bridgehead atoms. The van der Waals surface area contributed by atoms with Crippen molar-refractivity contribution in [3.05, 3.63) is 51.9 Å². The second kappa shape index (κ2) is 4.71. The maximum Gasteiger partial charge on any atom is 0.275 e. The van der Waals surface area contributed by atoms with Gasteiger partial charge in [-0.2, -0.15) is 9.78 Å². The molecule has 0 aliphatic heterocycles. The number of hydrogen-bond acceptors (Lipinski definition) is 3. The topological polar surface area (TPSA) is 55.1 Å². The predicted octanol–water partition coefficient (Wildman–Crippen LogP) is 2.14. The summed E-state index contributed by atoms with van der Waals surface area (Å²) in [5.74, 6) is -0.0872. The summed E-state index contributed by atoms with van der Waals surface area (Å²) in [7, 11) is 0. The molecule has 0 saturated carbocycles. The third-order valence-corrected chi connectivity index (χ3v) is 2.89. The first kappa shape index (κ1) is 11.9. The smallest absolute Gasteiger partial charge is 0.275 e. The number of halogens is 1. The van der Waals surface area contributed by atoms with Crippen molar-refractivity contribution in [3.63, 3.8) is 0 Å². The summed E-state index contributed by atoms with van der Waals surface area (Å²) in [6.45, 7) is 1.94. The zero-order valence-electron chi connectivity index (χ0n) is 9.22. The van der Waals surface area contributed by atoms with Crippen LogP contribution in [0, 0.1) is 6.92 Å². The van der Waals surface area contributed by atoms with Gasteiger partial charge in [0, 0.05) is 6.07 Å². The molecule has 2 rings (SSSR count). The van der Waals surface area contributed by atoms with Gasteiger partial charge in [-0.15, -0.1) is 0 Å². The van der Waals surface area contributed by atoms with Gasteiger partial charge in [-0.3, -0.25) is 4.79 Å². The first-order valence-corrected chi connectivity index (χ1v) is 6.19. The second-order valence-corrected chi connectivity index (χ2v) is 4.26. The average molecular weight is 295 g/mol. The number of aryl methyl sites for hydroxylation is 1. The molecule has 1 aromatic heterocycles.